The maximum Gasteiger partial charge on any atom is 0.220 e. The van der Waals surface area contributed by atoms with Crippen LogP contribution in [0.1, 0.15) is 151 Å². The minimum Gasteiger partial charge on any atom is -0.394 e. The van der Waals surface area contributed by atoms with Gasteiger partial charge in [-0.1, -0.05) is 71.1 Å². The first kappa shape index (κ1) is 58.9. The van der Waals surface area contributed by atoms with E-state index in [2.05, 4.69) is 45.7 Å². The van der Waals surface area contributed by atoms with Gasteiger partial charge in [0, 0.05) is 25.3 Å². The molecule has 0 aromatic carbocycles. The number of allylic oxidation sites excluding steroid dienone is 2. The predicted octanol–water partition coefficient (Wildman–Crippen LogP) is 4.69. The van der Waals surface area contributed by atoms with Crippen molar-refractivity contribution in [1.82, 2.24) is 5.32 Å². The van der Waals surface area contributed by atoms with Crippen molar-refractivity contribution in [1.29, 1.82) is 0 Å². The molecule has 5 aliphatic heterocycles. The van der Waals surface area contributed by atoms with E-state index < -0.39 is 105 Å². The molecule has 4 aliphatic carbocycles. The number of carbonyl (C=O) groups excluding carboxylic acids is 1. The van der Waals surface area contributed by atoms with Gasteiger partial charge in [0.25, 0.3) is 0 Å². The van der Waals surface area contributed by atoms with Gasteiger partial charge in [0.2, 0.25) is 5.91 Å². The lowest BCUT2D eigenvalue weighted by Gasteiger charge is -2.58. The molecule has 26 atom stereocenters. The Kier molecular flexibility index (Phi) is 19.2. The molecule has 5 saturated heterocycles. The molecule has 8 fully saturated rings. The molecule has 0 bridgehead atoms. The van der Waals surface area contributed by atoms with Crippen LogP contribution < -0.4 is 5.32 Å². The van der Waals surface area contributed by atoms with E-state index in [1.807, 2.05) is 6.08 Å². The Morgan fingerprint density at radius 3 is 2.20 bits per heavy atom. The van der Waals surface area contributed by atoms with Crippen molar-refractivity contribution in [2.75, 3.05) is 26.4 Å². The Bertz CT molecular complexity index is 1950. The van der Waals surface area contributed by atoms with E-state index >= 15 is 0 Å². The van der Waals surface area contributed by atoms with E-state index in [1.54, 1.807) is 6.92 Å². The predicted molar refractivity (Wildman–Crippen MR) is 277 cm³/mol. The molecule has 1 spiro atoms. The van der Waals surface area contributed by atoms with E-state index in [4.69, 9.17) is 42.6 Å². The Morgan fingerprint density at radius 1 is 0.763 bits per heavy atom. The molecule has 3 saturated carbocycles. The summed E-state index contributed by atoms with van der Waals surface area (Å²) in [6, 6.07) is 0. The number of nitrogens with one attached hydrogen (secondary N) is 1. The van der Waals surface area contributed by atoms with Crippen LogP contribution in [0.4, 0.5) is 0 Å². The second-order valence-corrected chi connectivity index (χ2v) is 25.2. The van der Waals surface area contributed by atoms with Gasteiger partial charge in [-0.3, -0.25) is 4.79 Å². The first-order chi connectivity index (χ1) is 36.3. The Morgan fingerprint density at radius 2 is 1.47 bits per heavy atom. The van der Waals surface area contributed by atoms with Gasteiger partial charge in [-0.15, -0.1) is 6.58 Å². The molecular formula is C58H95NO17. The van der Waals surface area contributed by atoms with Gasteiger partial charge in [0.1, 0.15) is 61.0 Å². The minimum absolute atomic E-state index is 0.0339. The molecule has 434 valence electrons. The maximum atomic E-state index is 12.5. The second-order valence-electron chi connectivity index (χ2n) is 25.2. The summed E-state index contributed by atoms with van der Waals surface area (Å²) in [5, 5.41) is 81.0. The van der Waals surface area contributed by atoms with Crippen molar-refractivity contribution >= 4 is 5.91 Å². The van der Waals surface area contributed by atoms with Crippen molar-refractivity contribution in [3.8, 4) is 0 Å². The van der Waals surface area contributed by atoms with Crippen molar-refractivity contribution in [2.45, 2.75) is 261 Å². The van der Waals surface area contributed by atoms with Crippen molar-refractivity contribution in [2.24, 2.45) is 46.3 Å². The molecule has 18 heteroatoms. The summed E-state index contributed by atoms with van der Waals surface area (Å²) in [5.41, 5.74) is 1.50. The van der Waals surface area contributed by atoms with Gasteiger partial charge in [-0.2, -0.15) is 0 Å². The zero-order valence-corrected chi connectivity index (χ0v) is 46.2. The fourth-order valence-corrected chi connectivity index (χ4v) is 16.0. The average molecular weight is 1080 g/mol. The maximum absolute atomic E-state index is 12.5. The largest absolute Gasteiger partial charge is 0.394 e. The van der Waals surface area contributed by atoms with Crippen LogP contribution in [0.15, 0.2) is 24.3 Å². The molecule has 5 heterocycles. The van der Waals surface area contributed by atoms with E-state index in [9.17, 15) is 40.5 Å². The highest BCUT2D eigenvalue weighted by atomic mass is 16.8. The number of fused-ring (bicyclic) bond motifs is 7. The van der Waals surface area contributed by atoms with Crippen LogP contribution in [0.25, 0.3) is 0 Å². The third kappa shape index (κ3) is 11.7. The van der Waals surface area contributed by atoms with Crippen molar-refractivity contribution in [3.05, 3.63) is 24.3 Å². The number of carbonyl (C=O) groups is 1. The highest BCUT2D eigenvalue weighted by Gasteiger charge is 2.69. The Labute approximate surface area is 450 Å². The van der Waals surface area contributed by atoms with Gasteiger partial charge < -0.3 is 83.7 Å². The third-order valence-electron chi connectivity index (χ3n) is 20.4. The number of hydrogen-bond acceptors (Lipinski definition) is 17. The molecule has 9 aliphatic rings. The molecule has 0 unspecified atom stereocenters. The van der Waals surface area contributed by atoms with Crippen LogP contribution >= 0.6 is 0 Å². The first-order valence-corrected chi connectivity index (χ1v) is 29.5. The van der Waals surface area contributed by atoms with Crippen LogP contribution in [0, 0.1) is 46.3 Å². The van der Waals surface area contributed by atoms with Crippen molar-refractivity contribution < 1.29 is 83.2 Å². The normalized spacial score (nSPS) is 49.1. The number of aliphatic hydroxyl groups is 7. The highest BCUT2D eigenvalue weighted by molar-refractivity contribution is 5.75. The molecule has 18 nitrogen and oxygen atoms in total. The summed E-state index contributed by atoms with van der Waals surface area (Å²) < 4.78 is 57.2. The fourth-order valence-electron chi connectivity index (χ4n) is 16.0. The lowest BCUT2D eigenvalue weighted by Crippen LogP contribution is -2.66. The summed E-state index contributed by atoms with van der Waals surface area (Å²) in [5.74, 6) is 2.48. The summed E-state index contributed by atoms with van der Waals surface area (Å²) in [7, 11) is 0. The van der Waals surface area contributed by atoms with Gasteiger partial charge in [0.05, 0.1) is 44.2 Å². The fraction of sp³-hybridized carbons (Fsp3) is 0.914. The second kappa shape index (κ2) is 24.8. The molecule has 0 aromatic rings. The van der Waals surface area contributed by atoms with E-state index in [0.717, 1.165) is 96.5 Å². The zero-order valence-electron chi connectivity index (χ0n) is 46.2. The smallest absolute Gasteiger partial charge is 0.220 e. The quantitative estimate of drug-likeness (QED) is 0.0608. The molecule has 0 aromatic heterocycles. The van der Waals surface area contributed by atoms with Crippen LogP contribution in [0.2, 0.25) is 0 Å². The zero-order chi connectivity index (χ0) is 54.3. The van der Waals surface area contributed by atoms with Gasteiger partial charge >= 0.3 is 0 Å². The molecule has 1 amide bonds. The van der Waals surface area contributed by atoms with Crippen LogP contribution in [0.3, 0.4) is 0 Å². The topological polar surface area (TPSA) is 254 Å². The summed E-state index contributed by atoms with van der Waals surface area (Å²) in [6.45, 7) is 16.9. The van der Waals surface area contributed by atoms with Gasteiger partial charge in [0.15, 0.2) is 24.7 Å². The summed E-state index contributed by atoms with van der Waals surface area (Å²) >= 11 is 0. The Hall–Kier alpha value is -1.69. The lowest BCUT2D eigenvalue weighted by molar-refractivity contribution is -0.389. The molecule has 8 N–H and O–H groups in total. The SMILES string of the molecule is C=CCCCCCCCCC(=O)NCCO[C@H]1[C@H](O)[C@H](O)[C@@H](O[C@H]2[C@H](O)[C@@H](O[C@H]3O[C@H](C)[C@@H](O)[C@H](O)[C@@H]3O)[C@H](O[C@H]3CC[C@@]4(C)C(=CC[C@H]5[C@@H]6C[C@@H]7O[C@]8(CC[C@@H](C)CO8)[C@@H](C)[C@@H]7[C@@]6(C)CC[C@@H]54)C3)O[C@@H]2CO)O[C@@H]1C. The molecule has 76 heavy (non-hydrogen) atoms. The van der Waals surface area contributed by atoms with Crippen molar-refractivity contribution in [3.63, 3.8) is 0 Å². The van der Waals surface area contributed by atoms with Crippen LogP contribution in [-0.2, 0) is 47.4 Å². The summed E-state index contributed by atoms with van der Waals surface area (Å²) in [4.78, 5) is 12.5. The number of hydrogen-bond donors (Lipinski definition) is 8. The van der Waals surface area contributed by atoms with Gasteiger partial charge in [-0.05, 0) is 125 Å². The van der Waals surface area contributed by atoms with Crippen LogP contribution in [-0.4, -0.2) is 178 Å². The monoisotopic (exact) mass is 1080 g/mol. The van der Waals surface area contributed by atoms with E-state index in [0.29, 0.717) is 54.8 Å². The molecular weight excluding hydrogens is 983 g/mol. The summed E-state index contributed by atoms with van der Waals surface area (Å²) in [6.07, 6.45) is -0.310. The number of unbranched alkanes of at least 4 members (excludes halogenated alkanes) is 6. The molecule has 0 radical (unpaired) electrons. The highest BCUT2D eigenvalue weighted by Crippen LogP contribution is 2.71. The number of aliphatic hydroxyl groups excluding tert-OH is 7. The van der Waals surface area contributed by atoms with Gasteiger partial charge in [-0.25, -0.2) is 0 Å². The number of amides is 1. The number of ether oxygens (including phenoxy) is 9. The molecule has 9 rings (SSSR count). The van der Waals surface area contributed by atoms with E-state index in [1.165, 1.54) is 12.5 Å². The number of rotatable bonds is 20. The average Bonchev–Trinajstić information content (AvgIpc) is 3.96. The van der Waals surface area contributed by atoms with E-state index in [-0.39, 0.29) is 42.1 Å². The standard InChI is InChI=1S/C58H95NO17/c1-8-9-10-11-12-13-14-15-16-42(61)59-25-26-68-50-34(5)71-54(48(66)46(50)64)74-51-41(29-60)73-55(52(49(51)67)75-53-47(65)45(63)44(62)33(4)70-53)72-36-20-22-56(6)35(27-36)17-18-37-38(56)21-23-57(7)39(37)28-40-43(57)32(3)58(76-40)24-19-31(2)30-69-58/h8,17,31-34,36-41,43-55,60,62-67H,1,9-16,18-30H2,2-7H3,(H,59,61)/t31-,32+,33-,34-,36+,37-,38+,39+,40+,41-,43+,44-,45+,46-,47+,48+,49+,50-,51-,52-,53-,54-,55-,56+,57+,58-/m1/s1. The first-order valence-electron chi connectivity index (χ1n) is 29.5. The Balaban J connectivity index is 0.825. The van der Waals surface area contributed by atoms with Crippen LogP contribution in [0.5, 0.6) is 0 Å². The lowest BCUT2D eigenvalue weighted by atomic mass is 9.47. The third-order valence-corrected chi connectivity index (χ3v) is 20.4. The minimum atomic E-state index is -1.72.